The van der Waals surface area contributed by atoms with Crippen LogP contribution in [0, 0.1) is 17.0 Å². The second-order valence-corrected chi connectivity index (χ2v) is 5.06. The molecule has 0 saturated carbocycles. The second kappa shape index (κ2) is 8.16. The highest BCUT2D eigenvalue weighted by molar-refractivity contribution is 5.42. The fourth-order valence-corrected chi connectivity index (χ4v) is 2.18. The Kier molecular flexibility index (Phi) is 7.67. The molecule has 0 bridgehead atoms. The minimum Gasteiger partial charge on any atom is -1.00 e. The molecule has 1 aromatic rings. The van der Waals surface area contributed by atoms with Crippen molar-refractivity contribution in [2.24, 2.45) is 0 Å². The van der Waals surface area contributed by atoms with Gasteiger partial charge in [0.05, 0.1) is 30.7 Å². The summed E-state index contributed by atoms with van der Waals surface area (Å²) in [6.45, 7) is 3.16. The zero-order valence-electron chi connectivity index (χ0n) is 11.8. The molecule has 2 N–H and O–H groups in total. The van der Waals surface area contributed by atoms with Crippen molar-refractivity contribution in [2.75, 3.05) is 33.4 Å². The van der Waals surface area contributed by atoms with Crippen LogP contribution in [-0.2, 0) is 6.54 Å². The minimum atomic E-state index is -0.392. The molecule has 7 heteroatoms. The van der Waals surface area contributed by atoms with Gasteiger partial charge in [-0.1, -0.05) is 11.6 Å². The van der Waals surface area contributed by atoms with E-state index in [4.69, 9.17) is 10.2 Å². The van der Waals surface area contributed by atoms with Crippen molar-refractivity contribution in [3.63, 3.8) is 0 Å². The average Bonchev–Trinajstić information content (AvgIpc) is 2.28. The van der Waals surface area contributed by atoms with Gasteiger partial charge >= 0.3 is 0 Å². The van der Waals surface area contributed by atoms with Crippen LogP contribution in [0.3, 0.4) is 0 Å². The number of rotatable bonds is 7. The first kappa shape index (κ1) is 18.8. The molecule has 0 aromatic heterocycles. The first-order valence-corrected chi connectivity index (χ1v) is 6.21. The Morgan fingerprint density at radius 3 is 2.25 bits per heavy atom. The van der Waals surface area contributed by atoms with E-state index in [2.05, 4.69) is 0 Å². The maximum Gasteiger partial charge on any atom is 0.278 e. The second-order valence-electron chi connectivity index (χ2n) is 5.06. The van der Waals surface area contributed by atoms with Crippen LogP contribution < -0.4 is 12.4 Å². The monoisotopic (exact) mass is 304 g/mol. The summed E-state index contributed by atoms with van der Waals surface area (Å²) in [6, 6.07) is 5.01. The molecule has 1 rings (SSSR count). The number of halogens is 1. The number of aliphatic hydroxyl groups is 2. The number of benzene rings is 1. The number of hydrogen-bond donors (Lipinski definition) is 2. The summed E-state index contributed by atoms with van der Waals surface area (Å²) in [6.07, 6.45) is 0. The molecule has 0 fully saturated rings. The standard InChI is InChI=1S/C13H21N2O4.ClH/c1-11-3-4-13(14(18)19)12(9-11)10-15(2,5-7-16)6-8-17;/h3-4,9,16-17H,5-8,10H2,1-2H3;1H/q+1;/p-1. The van der Waals surface area contributed by atoms with Gasteiger partial charge < -0.3 is 27.1 Å². The van der Waals surface area contributed by atoms with E-state index in [1.165, 1.54) is 6.07 Å². The lowest BCUT2D eigenvalue weighted by molar-refractivity contribution is -0.923. The quantitative estimate of drug-likeness (QED) is 0.341. The fourth-order valence-electron chi connectivity index (χ4n) is 2.18. The molecule has 0 aliphatic rings. The number of nitrogens with zero attached hydrogens (tertiary/aromatic N) is 2. The van der Waals surface area contributed by atoms with Crippen molar-refractivity contribution in [1.82, 2.24) is 0 Å². The van der Waals surface area contributed by atoms with E-state index in [1.807, 2.05) is 14.0 Å². The van der Waals surface area contributed by atoms with Crippen LogP contribution in [0.25, 0.3) is 0 Å². The molecular weight excluding hydrogens is 284 g/mol. The number of nitro groups is 1. The highest BCUT2D eigenvalue weighted by Gasteiger charge is 2.25. The van der Waals surface area contributed by atoms with Crippen LogP contribution in [-0.4, -0.2) is 53.0 Å². The summed E-state index contributed by atoms with van der Waals surface area (Å²) in [5.41, 5.74) is 1.68. The summed E-state index contributed by atoms with van der Waals surface area (Å²) >= 11 is 0. The maximum atomic E-state index is 11.0. The van der Waals surface area contributed by atoms with Crippen molar-refractivity contribution in [1.29, 1.82) is 0 Å². The van der Waals surface area contributed by atoms with Gasteiger partial charge in [-0.25, -0.2) is 0 Å². The molecule has 0 radical (unpaired) electrons. The molecule has 1 aromatic carbocycles. The smallest absolute Gasteiger partial charge is 0.278 e. The van der Waals surface area contributed by atoms with Crippen LogP contribution in [0.1, 0.15) is 11.1 Å². The number of aliphatic hydroxyl groups excluding tert-OH is 2. The number of quaternary nitrogens is 1. The van der Waals surface area contributed by atoms with Gasteiger partial charge in [-0.2, -0.15) is 0 Å². The highest BCUT2D eigenvalue weighted by atomic mass is 35.5. The van der Waals surface area contributed by atoms with E-state index >= 15 is 0 Å². The topological polar surface area (TPSA) is 83.6 Å². The number of aryl methyl sites for hydroxylation is 1. The lowest BCUT2D eigenvalue weighted by Crippen LogP contribution is -3.00. The van der Waals surface area contributed by atoms with Gasteiger partial charge in [0.2, 0.25) is 0 Å². The van der Waals surface area contributed by atoms with Crippen LogP contribution in [0.5, 0.6) is 0 Å². The van der Waals surface area contributed by atoms with E-state index in [0.29, 0.717) is 29.7 Å². The summed E-state index contributed by atoms with van der Waals surface area (Å²) in [5.74, 6) is 0. The van der Waals surface area contributed by atoms with Gasteiger partial charge in [0.15, 0.2) is 0 Å². The predicted octanol–water partition coefficient (Wildman–Crippen LogP) is -2.16. The van der Waals surface area contributed by atoms with Crippen LogP contribution in [0.15, 0.2) is 18.2 Å². The Hall–Kier alpha value is -1.21. The van der Waals surface area contributed by atoms with Crippen molar-refractivity contribution in [3.05, 3.63) is 39.4 Å². The third-order valence-electron chi connectivity index (χ3n) is 3.26. The third kappa shape index (κ3) is 5.05. The number of hydrogen-bond acceptors (Lipinski definition) is 4. The molecule has 0 amide bonds. The van der Waals surface area contributed by atoms with E-state index < -0.39 is 4.92 Å². The summed E-state index contributed by atoms with van der Waals surface area (Å²) < 4.78 is 0.372. The molecular formula is C13H21ClN2O4. The van der Waals surface area contributed by atoms with Crippen molar-refractivity contribution in [3.8, 4) is 0 Å². The zero-order chi connectivity index (χ0) is 14.5. The molecule has 20 heavy (non-hydrogen) atoms. The largest absolute Gasteiger partial charge is 1.00 e. The summed E-state index contributed by atoms with van der Waals surface area (Å²) in [7, 11) is 1.87. The Bertz CT molecular complexity index is 448. The lowest BCUT2D eigenvalue weighted by atomic mass is 10.1. The molecule has 0 aliphatic carbocycles. The van der Waals surface area contributed by atoms with Gasteiger partial charge in [0, 0.05) is 6.07 Å². The van der Waals surface area contributed by atoms with Crippen LogP contribution in [0.4, 0.5) is 5.69 Å². The van der Waals surface area contributed by atoms with Crippen molar-refractivity contribution in [2.45, 2.75) is 13.5 Å². The summed E-state index contributed by atoms with van der Waals surface area (Å²) in [4.78, 5) is 10.6. The molecule has 6 nitrogen and oxygen atoms in total. The number of likely N-dealkylation sites (N-methyl/N-ethyl adjacent to an activating group) is 1. The molecule has 0 aliphatic heterocycles. The lowest BCUT2D eigenvalue weighted by Gasteiger charge is -2.33. The average molecular weight is 305 g/mol. The predicted molar refractivity (Wildman–Crippen MR) is 71.6 cm³/mol. The van der Waals surface area contributed by atoms with Crippen LogP contribution in [0.2, 0.25) is 0 Å². The minimum absolute atomic E-state index is 0. The molecule has 0 unspecified atom stereocenters. The fraction of sp³-hybridized carbons (Fsp3) is 0.538. The van der Waals surface area contributed by atoms with E-state index in [0.717, 1.165) is 5.56 Å². The molecule has 0 saturated heterocycles. The van der Waals surface area contributed by atoms with Gasteiger partial charge in [0.25, 0.3) is 5.69 Å². The molecule has 0 spiro atoms. The first-order valence-electron chi connectivity index (χ1n) is 6.21. The van der Waals surface area contributed by atoms with E-state index in [-0.39, 0.29) is 31.3 Å². The Morgan fingerprint density at radius 1 is 1.25 bits per heavy atom. The van der Waals surface area contributed by atoms with Crippen molar-refractivity contribution < 1.29 is 32.0 Å². The molecule has 0 heterocycles. The van der Waals surface area contributed by atoms with Gasteiger partial charge in [0.1, 0.15) is 19.6 Å². The Labute approximate surface area is 124 Å². The van der Waals surface area contributed by atoms with Gasteiger partial charge in [-0.3, -0.25) is 10.1 Å². The highest BCUT2D eigenvalue weighted by Crippen LogP contribution is 2.23. The van der Waals surface area contributed by atoms with E-state index in [1.54, 1.807) is 12.1 Å². The summed E-state index contributed by atoms with van der Waals surface area (Å²) in [5, 5.41) is 29.3. The van der Waals surface area contributed by atoms with Crippen LogP contribution >= 0.6 is 0 Å². The zero-order valence-corrected chi connectivity index (χ0v) is 12.5. The SMILES string of the molecule is Cc1ccc([N+](=O)[O-])c(C[N+](C)(CCO)CCO)c1.[Cl-]. The van der Waals surface area contributed by atoms with Gasteiger partial charge in [-0.05, 0) is 13.0 Å². The van der Waals surface area contributed by atoms with Crippen molar-refractivity contribution >= 4 is 5.69 Å². The number of nitro benzene ring substituents is 1. The molecule has 114 valence electrons. The van der Waals surface area contributed by atoms with Gasteiger partial charge in [-0.15, -0.1) is 0 Å². The van der Waals surface area contributed by atoms with E-state index in [9.17, 15) is 10.1 Å². The maximum absolute atomic E-state index is 11.0. The normalized spacial score (nSPS) is 11.0. The Morgan fingerprint density at radius 2 is 1.80 bits per heavy atom. The molecule has 0 atom stereocenters. The first-order chi connectivity index (χ1) is 8.91. The third-order valence-corrected chi connectivity index (χ3v) is 3.26. The Balaban J connectivity index is 0.00000361.